The zero-order valence-electron chi connectivity index (χ0n) is 11.4. The highest BCUT2D eigenvalue weighted by Crippen LogP contribution is 2.27. The molecule has 0 aliphatic rings. The molecule has 0 bridgehead atoms. The molecule has 0 N–H and O–H groups in total. The van der Waals surface area contributed by atoms with Crippen LogP contribution in [0.1, 0.15) is 5.56 Å². The fourth-order valence-corrected chi connectivity index (χ4v) is 2.01. The molecule has 0 saturated carbocycles. The van der Waals surface area contributed by atoms with Gasteiger partial charge < -0.3 is 9.64 Å². The Hall–Kier alpha value is -1.96. The maximum Gasteiger partial charge on any atom is 0.121 e. The second kappa shape index (κ2) is 5.13. The van der Waals surface area contributed by atoms with Crippen molar-refractivity contribution in [3.8, 4) is 16.9 Å². The van der Waals surface area contributed by atoms with Crippen molar-refractivity contribution in [2.75, 3.05) is 26.1 Å². The van der Waals surface area contributed by atoms with Gasteiger partial charge in [-0.2, -0.15) is 0 Å². The van der Waals surface area contributed by atoms with Crippen molar-refractivity contribution in [1.82, 2.24) is 0 Å². The third kappa shape index (κ3) is 2.48. The van der Waals surface area contributed by atoms with Gasteiger partial charge in [0, 0.05) is 19.8 Å². The summed E-state index contributed by atoms with van der Waals surface area (Å²) in [4.78, 5) is 2.10. The van der Waals surface area contributed by atoms with Gasteiger partial charge in [-0.3, -0.25) is 0 Å². The van der Waals surface area contributed by atoms with E-state index >= 15 is 0 Å². The van der Waals surface area contributed by atoms with Gasteiger partial charge in [-0.25, -0.2) is 0 Å². The second-order valence-electron chi connectivity index (χ2n) is 4.63. The van der Waals surface area contributed by atoms with E-state index in [1.165, 1.54) is 16.8 Å². The highest BCUT2D eigenvalue weighted by atomic mass is 16.5. The lowest BCUT2D eigenvalue weighted by atomic mass is 10.0. The first-order chi connectivity index (χ1) is 8.61. The second-order valence-corrected chi connectivity index (χ2v) is 4.63. The van der Waals surface area contributed by atoms with Crippen LogP contribution in [-0.4, -0.2) is 21.2 Å². The minimum absolute atomic E-state index is 0.934. The molecule has 2 aromatic carbocycles. The molecule has 0 amide bonds. The van der Waals surface area contributed by atoms with E-state index in [0.29, 0.717) is 0 Å². The van der Waals surface area contributed by atoms with E-state index in [2.05, 4.69) is 48.2 Å². The molecule has 0 atom stereocenters. The van der Waals surface area contributed by atoms with E-state index < -0.39 is 0 Å². The molecule has 2 rings (SSSR count). The van der Waals surface area contributed by atoms with Crippen molar-refractivity contribution in [2.45, 2.75) is 6.92 Å². The monoisotopic (exact) mass is 241 g/mol. The maximum absolute atomic E-state index is 5.28. The highest BCUT2D eigenvalue weighted by molar-refractivity contribution is 5.68. The lowest BCUT2D eigenvalue weighted by Gasteiger charge is -2.13. The van der Waals surface area contributed by atoms with Crippen LogP contribution < -0.4 is 9.64 Å². The zero-order chi connectivity index (χ0) is 13.1. The third-order valence-electron chi connectivity index (χ3n) is 3.11. The SMILES string of the molecule is COc1ccc(-c2ccc(N(C)C)cc2)cc1C. The Morgan fingerprint density at radius 1 is 0.889 bits per heavy atom. The molecule has 2 heteroatoms. The van der Waals surface area contributed by atoms with Gasteiger partial charge in [0.25, 0.3) is 0 Å². The lowest BCUT2D eigenvalue weighted by Crippen LogP contribution is -2.07. The number of hydrogen-bond donors (Lipinski definition) is 0. The molecule has 18 heavy (non-hydrogen) atoms. The Morgan fingerprint density at radius 3 is 2.00 bits per heavy atom. The first-order valence-corrected chi connectivity index (χ1v) is 6.04. The van der Waals surface area contributed by atoms with Crippen molar-refractivity contribution < 1.29 is 4.74 Å². The number of rotatable bonds is 3. The number of nitrogens with zero attached hydrogens (tertiary/aromatic N) is 1. The third-order valence-corrected chi connectivity index (χ3v) is 3.11. The van der Waals surface area contributed by atoms with Crippen molar-refractivity contribution in [3.63, 3.8) is 0 Å². The maximum atomic E-state index is 5.28. The van der Waals surface area contributed by atoms with Crippen LogP contribution in [0.5, 0.6) is 5.75 Å². The van der Waals surface area contributed by atoms with Gasteiger partial charge in [0.2, 0.25) is 0 Å². The van der Waals surface area contributed by atoms with E-state index in [4.69, 9.17) is 4.74 Å². The number of aryl methyl sites for hydroxylation is 1. The van der Waals surface area contributed by atoms with Crippen LogP contribution in [0.3, 0.4) is 0 Å². The molecule has 94 valence electrons. The van der Waals surface area contributed by atoms with E-state index in [9.17, 15) is 0 Å². The molecule has 0 saturated heterocycles. The first-order valence-electron chi connectivity index (χ1n) is 6.04. The normalized spacial score (nSPS) is 10.2. The van der Waals surface area contributed by atoms with Crippen LogP contribution in [0.15, 0.2) is 42.5 Å². The standard InChI is InChI=1S/C16H19NO/c1-12-11-14(7-10-16(12)18-4)13-5-8-15(9-6-13)17(2)3/h5-11H,1-4H3. The van der Waals surface area contributed by atoms with Gasteiger partial charge in [0.1, 0.15) is 5.75 Å². The van der Waals surface area contributed by atoms with Gasteiger partial charge in [0.15, 0.2) is 0 Å². The van der Waals surface area contributed by atoms with E-state index in [-0.39, 0.29) is 0 Å². The quantitative estimate of drug-likeness (QED) is 0.811. The largest absolute Gasteiger partial charge is 0.496 e. The topological polar surface area (TPSA) is 12.5 Å². The van der Waals surface area contributed by atoms with Gasteiger partial charge in [-0.15, -0.1) is 0 Å². The molecule has 0 heterocycles. The lowest BCUT2D eigenvalue weighted by molar-refractivity contribution is 0.412. The van der Waals surface area contributed by atoms with Crippen molar-refractivity contribution in [1.29, 1.82) is 0 Å². The summed E-state index contributed by atoms with van der Waals surface area (Å²) in [6.45, 7) is 2.07. The number of benzene rings is 2. The van der Waals surface area contributed by atoms with Gasteiger partial charge in [-0.05, 0) is 47.9 Å². The summed E-state index contributed by atoms with van der Waals surface area (Å²) in [6, 6.07) is 14.8. The zero-order valence-corrected chi connectivity index (χ0v) is 11.4. The highest BCUT2D eigenvalue weighted by Gasteiger charge is 2.03. The molecule has 0 aliphatic heterocycles. The fourth-order valence-electron chi connectivity index (χ4n) is 2.01. The summed E-state index contributed by atoms with van der Waals surface area (Å²) < 4.78 is 5.28. The molecular formula is C16H19NO. The number of ether oxygens (including phenoxy) is 1. The predicted molar refractivity (Wildman–Crippen MR) is 77.5 cm³/mol. The molecule has 0 fully saturated rings. The summed E-state index contributed by atoms with van der Waals surface area (Å²) in [5, 5.41) is 0. The average Bonchev–Trinajstić information content (AvgIpc) is 2.38. The van der Waals surface area contributed by atoms with Crippen LogP contribution in [-0.2, 0) is 0 Å². The molecule has 0 spiro atoms. The minimum Gasteiger partial charge on any atom is -0.496 e. The van der Waals surface area contributed by atoms with Gasteiger partial charge >= 0.3 is 0 Å². The molecule has 2 aromatic rings. The smallest absolute Gasteiger partial charge is 0.121 e. The Kier molecular flexibility index (Phi) is 3.56. The van der Waals surface area contributed by atoms with E-state index in [0.717, 1.165) is 11.3 Å². The van der Waals surface area contributed by atoms with Gasteiger partial charge in [-0.1, -0.05) is 18.2 Å². The average molecular weight is 241 g/mol. The minimum atomic E-state index is 0.934. The predicted octanol–water partition coefficient (Wildman–Crippen LogP) is 3.74. The Labute approximate surface area is 109 Å². The van der Waals surface area contributed by atoms with Gasteiger partial charge in [0.05, 0.1) is 7.11 Å². The summed E-state index contributed by atoms with van der Waals surface area (Å²) in [5.74, 6) is 0.934. The van der Waals surface area contributed by atoms with Crippen molar-refractivity contribution in [3.05, 3.63) is 48.0 Å². The van der Waals surface area contributed by atoms with Crippen molar-refractivity contribution >= 4 is 5.69 Å². The summed E-state index contributed by atoms with van der Waals surface area (Å²) in [6.07, 6.45) is 0. The van der Waals surface area contributed by atoms with Crippen LogP contribution in [0.25, 0.3) is 11.1 Å². The molecular weight excluding hydrogens is 222 g/mol. The van der Waals surface area contributed by atoms with Crippen LogP contribution in [0.2, 0.25) is 0 Å². The number of anilines is 1. The van der Waals surface area contributed by atoms with Crippen LogP contribution in [0.4, 0.5) is 5.69 Å². The molecule has 0 unspecified atom stereocenters. The summed E-state index contributed by atoms with van der Waals surface area (Å²) in [5.41, 5.74) is 4.82. The molecule has 0 radical (unpaired) electrons. The van der Waals surface area contributed by atoms with Crippen LogP contribution >= 0.6 is 0 Å². The Balaban J connectivity index is 2.34. The molecule has 0 aromatic heterocycles. The molecule has 0 aliphatic carbocycles. The molecule has 2 nitrogen and oxygen atoms in total. The summed E-state index contributed by atoms with van der Waals surface area (Å²) >= 11 is 0. The number of methoxy groups -OCH3 is 1. The Morgan fingerprint density at radius 2 is 1.50 bits per heavy atom. The van der Waals surface area contributed by atoms with Crippen molar-refractivity contribution in [2.24, 2.45) is 0 Å². The first kappa shape index (κ1) is 12.5. The van der Waals surface area contributed by atoms with E-state index in [1.807, 2.05) is 20.2 Å². The van der Waals surface area contributed by atoms with E-state index in [1.54, 1.807) is 7.11 Å². The van der Waals surface area contributed by atoms with Crippen LogP contribution in [0, 0.1) is 6.92 Å². The fraction of sp³-hybridized carbons (Fsp3) is 0.250. The summed E-state index contributed by atoms with van der Waals surface area (Å²) in [7, 11) is 5.80. The Bertz CT molecular complexity index is 529. The number of hydrogen-bond acceptors (Lipinski definition) is 2.